The van der Waals surface area contributed by atoms with Gasteiger partial charge in [-0.3, -0.25) is 4.79 Å². The quantitative estimate of drug-likeness (QED) is 0.927. The number of halogens is 1. The molecule has 0 radical (unpaired) electrons. The van der Waals surface area contributed by atoms with E-state index in [1.165, 1.54) is 0 Å². The number of nitrogens with one attached hydrogen (secondary N) is 1. The van der Waals surface area contributed by atoms with Gasteiger partial charge < -0.3 is 14.6 Å². The van der Waals surface area contributed by atoms with E-state index in [4.69, 9.17) is 4.42 Å². The van der Waals surface area contributed by atoms with Gasteiger partial charge in [0.2, 0.25) is 5.91 Å². The van der Waals surface area contributed by atoms with E-state index in [9.17, 15) is 4.79 Å². The number of rotatable bonds is 2. The standard InChI is InChI=1S/C13H11BrN2O2/c14-9-3-4-11-12(6-9)16(8-13(17)15-11)7-10-2-1-5-18-10/h1-6H,7-8H2,(H,15,17). The van der Waals surface area contributed by atoms with Gasteiger partial charge in [-0.15, -0.1) is 0 Å². The Kier molecular flexibility index (Phi) is 2.83. The molecule has 2 heterocycles. The van der Waals surface area contributed by atoms with Crippen LogP contribution < -0.4 is 10.2 Å². The van der Waals surface area contributed by atoms with E-state index in [0.29, 0.717) is 13.1 Å². The number of furan rings is 1. The molecule has 1 aliphatic heterocycles. The molecule has 4 nitrogen and oxygen atoms in total. The Morgan fingerprint density at radius 3 is 3.06 bits per heavy atom. The molecule has 2 aromatic rings. The van der Waals surface area contributed by atoms with Crippen molar-refractivity contribution >= 4 is 33.2 Å². The third kappa shape index (κ3) is 2.13. The van der Waals surface area contributed by atoms with Gasteiger partial charge in [-0.05, 0) is 30.3 Å². The molecule has 0 atom stereocenters. The zero-order valence-corrected chi connectivity index (χ0v) is 11.1. The molecule has 0 saturated heterocycles. The van der Waals surface area contributed by atoms with Crippen LogP contribution in [0.5, 0.6) is 0 Å². The fourth-order valence-electron chi connectivity index (χ4n) is 2.05. The zero-order chi connectivity index (χ0) is 12.5. The highest BCUT2D eigenvalue weighted by atomic mass is 79.9. The largest absolute Gasteiger partial charge is 0.467 e. The second kappa shape index (κ2) is 4.49. The SMILES string of the molecule is O=C1CN(Cc2ccco2)c2cc(Br)ccc2N1. The molecule has 18 heavy (non-hydrogen) atoms. The summed E-state index contributed by atoms with van der Waals surface area (Å²) >= 11 is 3.45. The molecule has 0 fully saturated rings. The lowest BCUT2D eigenvalue weighted by atomic mass is 10.2. The molecule has 1 N–H and O–H groups in total. The molecule has 5 heteroatoms. The molecule has 1 amide bonds. The van der Waals surface area contributed by atoms with Crippen molar-refractivity contribution in [1.82, 2.24) is 0 Å². The first-order chi connectivity index (χ1) is 8.72. The van der Waals surface area contributed by atoms with Crippen molar-refractivity contribution in [3.63, 3.8) is 0 Å². The van der Waals surface area contributed by atoms with Crippen LogP contribution in [0, 0.1) is 0 Å². The number of hydrogen-bond acceptors (Lipinski definition) is 3. The monoisotopic (exact) mass is 306 g/mol. The smallest absolute Gasteiger partial charge is 0.243 e. The third-order valence-corrected chi connectivity index (χ3v) is 3.33. The number of amides is 1. The first kappa shape index (κ1) is 11.3. The van der Waals surface area contributed by atoms with E-state index in [1.54, 1.807) is 6.26 Å². The van der Waals surface area contributed by atoms with Crippen molar-refractivity contribution in [3.05, 3.63) is 46.8 Å². The van der Waals surface area contributed by atoms with Gasteiger partial charge in [-0.2, -0.15) is 0 Å². The van der Waals surface area contributed by atoms with Crippen LogP contribution in [-0.4, -0.2) is 12.5 Å². The van der Waals surface area contributed by atoms with E-state index in [1.807, 2.05) is 35.2 Å². The molecular formula is C13H11BrN2O2. The minimum Gasteiger partial charge on any atom is -0.467 e. The van der Waals surface area contributed by atoms with Crippen LogP contribution in [0.15, 0.2) is 45.5 Å². The Hall–Kier alpha value is -1.75. The summed E-state index contributed by atoms with van der Waals surface area (Å²) in [6.07, 6.45) is 1.64. The van der Waals surface area contributed by atoms with Gasteiger partial charge in [0.05, 0.1) is 30.7 Å². The van der Waals surface area contributed by atoms with Gasteiger partial charge in [-0.25, -0.2) is 0 Å². The predicted octanol–water partition coefficient (Wildman–Crippen LogP) is 3.00. The van der Waals surface area contributed by atoms with Gasteiger partial charge >= 0.3 is 0 Å². The molecule has 0 aliphatic carbocycles. The minimum atomic E-state index is -0.00335. The lowest BCUT2D eigenvalue weighted by Gasteiger charge is -2.30. The fourth-order valence-corrected chi connectivity index (χ4v) is 2.40. The Labute approximate surface area is 113 Å². The molecule has 0 bridgehead atoms. The number of anilines is 2. The highest BCUT2D eigenvalue weighted by Crippen LogP contribution is 2.33. The maximum Gasteiger partial charge on any atom is 0.243 e. The molecule has 1 aromatic heterocycles. The van der Waals surface area contributed by atoms with Crippen LogP contribution in [0.3, 0.4) is 0 Å². The van der Waals surface area contributed by atoms with Gasteiger partial charge in [0.1, 0.15) is 5.76 Å². The van der Waals surface area contributed by atoms with E-state index in [-0.39, 0.29) is 5.91 Å². The van der Waals surface area contributed by atoms with Crippen molar-refractivity contribution in [1.29, 1.82) is 0 Å². The van der Waals surface area contributed by atoms with Gasteiger partial charge in [-0.1, -0.05) is 15.9 Å². The summed E-state index contributed by atoms with van der Waals surface area (Å²) < 4.78 is 6.32. The highest BCUT2D eigenvalue weighted by molar-refractivity contribution is 9.10. The molecule has 0 unspecified atom stereocenters. The van der Waals surface area contributed by atoms with Gasteiger partial charge in [0, 0.05) is 4.47 Å². The fraction of sp³-hybridized carbons (Fsp3) is 0.154. The van der Waals surface area contributed by atoms with Crippen molar-refractivity contribution in [2.45, 2.75) is 6.54 Å². The van der Waals surface area contributed by atoms with E-state index < -0.39 is 0 Å². The summed E-state index contributed by atoms with van der Waals surface area (Å²) in [5.74, 6) is 0.840. The average Bonchev–Trinajstić information content (AvgIpc) is 2.83. The van der Waals surface area contributed by atoms with Gasteiger partial charge in [0.15, 0.2) is 0 Å². The summed E-state index contributed by atoms with van der Waals surface area (Å²) in [7, 11) is 0. The Bertz CT molecular complexity index is 581. The lowest BCUT2D eigenvalue weighted by Crippen LogP contribution is -2.37. The molecule has 0 spiro atoms. The maximum absolute atomic E-state index is 11.7. The van der Waals surface area contributed by atoms with Crippen molar-refractivity contribution < 1.29 is 9.21 Å². The molecule has 92 valence electrons. The van der Waals surface area contributed by atoms with Crippen LogP contribution in [0.4, 0.5) is 11.4 Å². The summed E-state index contributed by atoms with van der Waals surface area (Å²) in [5, 5.41) is 2.86. The number of carbonyl (C=O) groups is 1. The van der Waals surface area contributed by atoms with Crippen LogP contribution in [0.25, 0.3) is 0 Å². The third-order valence-electron chi connectivity index (χ3n) is 2.84. The highest BCUT2D eigenvalue weighted by Gasteiger charge is 2.22. The Morgan fingerprint density at radius 1 is 1.39 bits per heavy atom. The van der Waals surface area contributed by atoms with E-state index >= 15 is 0 Å². The van der Waals surface area contributed by atoms with Crippen molar-refractivity contribution in [2.75, 3.05) is 16.8 Å². The second-order valence-electron chi connectivity index (χ2n) is 4.15. The topological polar surface area (TPSA) is 45.5 Å². The summed E-state index contributed by atoms with van der Waals surface area (Å²) in [4.78, 5) is 13.7. The number of fused-ring (bicyclic) bond motifs is 1. The van der Waals surface area contributed by atoms with Crippen LogP contribution in [0.1, 0.15) is 5.76 Å². The zero-order valence-electron chi connectivity index (χ0n) is 9.52. The van der Waals surface area contributed by atoms with E-state index in [2.05, 4.69) is 21.2 Å². The first-order valence-electron chi connectivity index (χ1n) is 5.59. The first-order valence-corrected chi connectivity index (χ1v) is 6.38. The normalized spacial score (nSPS) is 14.3. The Balaban J connectivity index is 1.95. The molecule has 3 rings (SSSR count). The van der Waals surface area contributed by atoms with Crippen molar-refractivity contribution in [2.24, 2.45) is 0 Å². The van der Waals surface area contributed by atoms with Crippen LogP contribution in [0.2, 0.25) is 0 Å². The molecule has 0 saturated carbocycles. The molecular weight excluding hydrogens is 296 g/mol. The summed E-state index contributed by atoms with van der Waals surface area (Å²) in [6.45, 7) is 0.925. The second-order valence-corrected chi connectivity index (χ2v) is 5.06. The Morgan fingerprint density at radius 2 is 2.28 bits per heavy atom. The summed E-state index contributed by atoms with van der Waals surface area (Å²) in [5.41, 5.74) is 1.83. The van der Waals surface area contributed by atoms with Gasteiger partial charge in [0.25, 0.3) is 0 Å². The number of benzene rings is 1. The predicted molar refractivity (Wildman–Crippen MR) is 72.5 cm³/mol. The molecule has 1 aromatic carbocycles. The average molecular weight is 307 g/mol. The van der Waals surface area contributed by atoms with E-state index in [0.717, 1.165) is 21.6 Å². The number of nitrogens with zero attached hydrogens (tertiary/aromatic N) is 1. The summed E-state index contributed by atoms with van der Waals surface area (Å²) in [6, 6.07) is 9.56. The maximum atomic E-state index is 11.7. The van der Waals surface area contributed by atoms with Crippen LogP contribution in [-0.2, 0) is 11.3 Å². The number of carbonyl (C=O) groups excluding carboxylic acids is 1. The van der Waals surface area contributed by atoms with Crippen LogP contribution >= 0.6 is 15.9 Å². The minimum absolute atomic E-state index is 0.00335. The molecule has 1 aliphatic rings. The van der Waals surface area contributed by atoms with Crippen molar-refractivity contribution in [3.8, 4) is 0 Å². The number of hydrogen-bond donors (Lipinski definition) is 1. The lowest BCUT2D eigenvalue weighted by molar-refractivity contribution is -0.115.